The predicted molar refractivity (Wildman–Crippen MR) is 69.2 cm³/mol. The van der Waals surface area contributed by atoms with Gasteiger partial charge in [0.05, 0.1) is 0 Å². The van der Waals surface area contributed by atoms with Crippen molar-refractivity contribution in [1.82, 2.24) is 0 Å². The lowest BCUT2D eigenvalue weighted by Gasteiger charge is -1.98. The van der Waals surface area contributed by atoms with Gasteiger partial charge in [0, 0.05) is 18.1 Å². The van der Waals surface area contributed by atoms with Gasteiger partial charge in [-0.3, -0.25) is 0 Å². The standard InChI is InChI=1S/C8H10I2S/c1-5-3-7(4-9)11-8(5)6(2)10/h3,6H,4H2,1-2H3. The average molecular weight is 392 g/mol. The zero-order chi connectivity index (χ0) is 8.43. The molecule has 1 aromatic rings. The van der Waals surface area contributed by atoms with Gasteiger partial charge in [0.15, 0.2) is 0 Å². The van der Waals surface area contributed by atoms with Gasteiger partial charge in [-0.1, -0.05) is 45.2 Å². The third-order valence-electron chi connectivity index (χ3n) is 1.50. The maximum atomic E-state index is 2.47. The molecule has 0 radical (unpaired) electrons. The summed E-state index contributed by atoms with van der Waals surface area (Å²) < 4.78 is 1.81. The largest absolute Gasteiger partial charge is 0.143 e. The Morgan fingerprint density at radius 1 is 1.64 bits per heavy atom. The lowest BCUT2D eigenvalue weighted by Crippen LogP contribution is -1.78. The van der Waals surface area contributed by atoms with E-state index in [1.165, 1.54) is 15.3 Å². The minimum Gasteiger partial charge on any atom is -0.143 e. The minimum absolute atomic E-state index is 0.661. The lowest BCUT2D eigenvalue weighted by molar-refractivity contribution is 1.17. The molecule has 1 heterocycles. The van der Waals surface area contributed by atoms with E-state index in [0.717, 1.165) is 4.43 Å². The molecule has 11 heavy (non-hydrogen) atoms. The molecular formula is C8H10I2S. The highest BCUT2D eigenvalue weighted by atomic mass is 127. The fourth-order valence-corrected chi connectivity index (χ4v) is 3.54. The Morgan fingerprint density at radius 3 is 2.55 bits per heavy atom. The molecule has 0 aliphatic rings. The Bertz CT molecular complexity index is 240. The van der Waals surface area contributed by atoms with Crippen molar-refractivity contribution in [3.8, 4) is 0 Å². The van der Waals surface area contributed by atoms with Crippen LogP contribution in [0.25, 0.3) is 0 Å². The minimum atomic E-state index is 0.661. The summed E-state index contributed by atoms with van der Waals surface area (Å²) in [5.74, 6) is 0. The fourth-order valence-electron chi connectivity index (χ4n) is 1.02. The Balaban J connectivity index is 2.97. The highest BCUT2D eigenvalue weighted by Gasteiger charge is 2.08. The molecule has 0 aliphatic carbocycles. The van der Waals surface area contributed by atoms with E-state index in [-0.39, 0.29) is 0 Å². The molecule has 1 rings (SSSR count). The molecular weight excluding hydrogens is 382 g/mol. The van der Waals surface area contributed by atoms with Gasteiger partial charge < -0.3 is 0 Å². The van der Waals surface area contributed by atoms with E-state index in [1.54, 1.807) is 0 Å². The van der Waals surface area contributed by atoms with Gasteiger partial charge in [0.2, 0.25) is 0 Å². The van der Waals surface area contributed by atoms with E-state index in [0.29, 0.717) is 3.92 Å². The third-order valence-corrected chi connectivity index (χ3v) is 5.30. The van der Waals surface area contributed by atoms with Crippen LogP contribution in [0.5, 0.6) is 0 Å². The molecule has 0 nitrogen and oxygen atoms in total. The Hall–Kier alpha value is 1.16. The molecule has 1 aromatic heterocycles. The van der Waals surface area contributed by atoms with Crippen LogP contribution in [0.2, 0.25) is 0 Å². The molecule has 0 N–H and O–H groups in total. The number of halogens is 2. The maximum Gasteiger partial charge on any atom is 0.0428 e. The molecule has 0 saturated heterocycles. The van der Waals surface area contributed by atoms with Crippen LogP contribution in [-0.4, -0.2) is 0 Å². The van der Waals surface area contributed by atoms with Gasteiger partial charge in [-0.15, -0.1) is 11.3 Å². The third kappa shape index (κ3) is 2.55. The number of aryl methyl sites for hydroxylation is 1. The normalized spacial score (nSPS) is 13.5. The Kier molecular flexibility index (Phi) is 4.11. The highest BCUT2D eigenvalue weighted by molar-refractivity contribution is 14.1. The van der Waals surface area contributed by atoms with E-state index in [2.05, 4.69) is 65.1 Å². The molecule has 1 unspecified atom stereocenters. The molecule has 3 heteroatoms. The first kappa shape index (κ1) is 10.2. The monoisotopic (exact) mass is 392 g/mol. The predicted octanol–water partition coefficient (Wildman–Crippen LogP) is 4.49. The zero-order valence-corrected chi connectivity index (χ0v) is 11.7. The van der Waals surface area contributed by atoms with Crippen LogP contribution in [0.3, 0.4) is 0 Å². The van der Waals surface area contributed by atoms with Gasteiger partial charge in [-0.2, -0.15) is 0 Å². The average Bonchev–Trinajstić information content (AvgIpc) is 2.30. The van der Waals surface area contributed by atoms with Crippen LogP contribution >= 0.6 is 56.5 Å². The molecule has 0 saturated carbocycles. The zero-order valence-electron chi connectivity index (χ0n) is 6.53. The van der Waals surface area contributed by atoms with Gasteiger partial charge in [0.1, 0.15) is 0 Å². The quantitative estimate of drug-likeness (QED) is 0.514. The van der Waals surface area contributed by atoms with Gasteiger partial charge >= 0.3 is 0 Å². The second-order valence-corrected chi connectivity index (χ2v) is 6.31. The van der Waals surface area contributed by atoms with Crippen LogP contribution in [0, 0.1) is 6.92 Å². The summed E-state index contributed by atoms with van der Waals surface area (Å²) in [6.07, 6.45) is 0. The van der Waals surface area contributed by atoms with Gasteiger partial charge in [0.25, 0.3) is 0 Å². The molecule has 1 atom stereocenters. The Labute approximate surface area is 99.1 Å². The van der Waals surface area contributed by atoms with Crippen molar-refractivity contribution in [3.63, 3.8) is 0 Å². The summed E-state index contributed by atoms with van der Waals surface area (Å²) >= 11 is 6.84. The summed E-state index contributed by atoms with van der Waals surface area (Å²) in [6.45, 7) is 4.45. The highest BCUT2D eigenvalue weighted by Crippen LogP contribution is 2.33. The SMILES string of the molecule is Cc1cc(CI)sc1C(C)I. The summed E-state index contributed by atoms with van der Waals surface area (Å²) in [4.78, 5) is 3.04. The number of alkyl halides is 2. The van der Waals surface area contributed by atoms with Gasteiger partial charge in [-0.05, 0) is 25.5 Å². The van der Waals surface area contributed by atoms with Crippen molar-refractivity contribution in [3.05, 3.63) is 21.4 Å². The summed E-state index contributed by atoms with van der Waals surface area (Å²) in [7, 11) is 0. The molecule has 0 bridgehead atoms. The van der Waals surface area contributed by atoms with Crippen LogP contribution < -0.4 is 0 Å². The Morgan fingerprint density at radius 2 is 2.27 bits per heavy atom. The van der Waals surface area contributed by atoms with E-state index in [1.807, 2.05) is 11.3 Å². The second-order valence-electron chi connectivity index (χ2n) is 2.51. The summed E-state index contributed by atoms with van der Waals surface area (Å²) in [6, 6.07) is 2.31. The van der Waals surface area contributed by atoms with E-state index in [4.69, 9.17) is 0 Å². The van der Waals surface area contributed by atoms with Crippen molar-refractivity contribution >= 4 is 56.5 Å². The topological polar surface area (TPSA) is 0 Å². The van der Waals surface area contributed by atoms with Crippen molar-refractivity contribution in [1.29, 1.82) is 0 Å². The first-order valence-electron chi connectivity index (χ1n) is 3.44. The van der Waals surface area contributed by atoms with Crippen LogP contribution in [-0.2, 0) is 4.43 Å². The van der Waals surface area contributed by atoms with E-state index < -0.39 is 0 Å². The maximum absolute atomic E-state index is 2.47. The molecule has 62 valence electrons. The molecule has 0 fully saturated rings. The first-order valence-corrected chi connectivity index (χ1v) is 7.03. The van der Waals surface area contributed by atoms with Crippen LogP contribution in [0.1, 0.15) is 26.2 Å². The van der Waals surface area contributed by atoms with Crippen molar-refractivity contribution in [2.45, 2.75) is 22.2 Å². The van der Waals surface area contributed by atoms with Crippen LogP contribution in [0.15, 0.2) is 6.07 Å². The number of rotatable bonds is 2. The number of thiophene rings is 1. The van der Waals surface area contributed by atoms with Crippen molar-refractivity contribution in [2.75, 3.05) is 0 Å². The van der Waals surface area contributed by atoms with E-state index in [9.17, 15) is 0 Å². The van der Waals surface area contributed by atoms with Crippen molar-refractivity contribution < 1.29 is 0 Å². The number of hydrogen-bond acceptors (Lipinski definition) is 1. The number of hydrogen-bond donors (Lipinski definition) is 0. The smallest absolute Gasteiger partial charge is 0.0428 e. The van der Waals surface area contributed by atoms with E-state index >= 15 is 0 Å². The summed E-state index contributed by atoms with van der Waals surface area (Å²) in [5, 5.41) is 0. The van der Waals surface area contributed by atoms with Crippen molar-refractivity contribution in [2.24, 2.45) is 0 Å². The van der Waals surface area contributed by atoms with Gasteiger partial charge in [-0.25, -0.2) is 0 Å². The molecule has 0 aliphatic heterocycles. The second kappa shape index (κ2) is 4.41. The molecule has 0 amide bonds. The molecule has 0 aromatic carbocycles. The van der Waals surface area contributed by atoms with Crippen LogP contribution in [0.4, 0.5) is 0 Å². The molecule has 0 spiro atoms. The lowest BCUT2D eigenvalue weighted by atomic mass is 10.2. The summed E-state index contributed by atoms with van der Waals surface area (Å²) in [5.41, 5.74) is 1.46. The fraction of sp³-hybridized carbons (Fsp3) is 0.500. The first-order chi connectivity index (χ1) is 5.15.